The molecule has 4 nitrogen and oxygen atoms in total. The number of aliphatic hydroxyl groups is 1. The van der Waals surface area contributed by atoms with E-state index in [1.807, 2.05) is 0 Å². The van der Waals surface area contributed by atoms with Crippen LogP contribution < -0.4 is 5.32 Å². The quantitative estimate of drug-likeness (QED) is 0.481. The normalized spacial score (nSPS) is 30.7. The first-order chi connectivity index (χ1) is 13.5. The van der Waals surface area contributed by atoms with Crippen molar-refractivity contribution in [3.8, 4) is 0 Å². The van der Waals surface area contributed by atoms with E-state index < -0.39 is 16.9 Å². The van der Waals surface area contributed by atoms with Gasteiger partial charge in [-0.25, -0.2) is 0 Å². The highest BCUT2D eigenvalue weighted by Crippen LogP contribution is 2.62. The van der Waals surface area contributed by atoms with Crippen molar-refractivity contribution in [3.05, 3.63) is 0 Å². The van der Waals surface area contributed by atoms with Gasteiger partial charge in [-0.15, -0.1) is 0 Å². The van der Waals surface area contributed by atoms with E-state index in [9.17, 15) is 5.11 Å². The Morgan fingerprint density at radius 1 is 0.719 bits per heavy atom. The molecule has 0 saturated carbocycles. The van der Waals surface area contributed by atoms with E-state index in [2.05, 4.69) is 135 Å². The summed E-state index contributed by atoms with van der Waals surface area (Å²) in [6.07, 6.45) is 0. The number of hydrogen-bond donors (Lipinski definition) is 2. The molecule has 1 rings (SSSR count). The van der Waals surface area contributed by atoms with E-state index in [-0.39, 0.29) is 39.4 Å². The summed E-state index contributed by atoms with van der Waals surface area (Å²) in [5.41, 5.74) is -2.26. The molecular formula is C28H58N2O2. The van der Waals surface area contributed by atoms with Crippen molar-refractivity contribution in [2.45, 2.75) is 159 Å². The van der Waals surface area contributed by atoms with Crippen molar-refractivity contribution in [1.29, 1.82) is 0 Å². The minimum Gasteiger partial charge on any atom is -0.364 e. The van der Waals surface area contributed by atoms with Crippen LogP contribution in [0.4, 0.5) is 0 Å². The molecule has 2 N–H and O–H groups in total. The lowest BCUT2D eigenvalue weighted by Gasteiger charge is -2.61. The van der Waals surface area contributed by atoms with Gasteiger partial charge in [0.2, 0.25) is 0 Å². The number of ether oxygens (including phenoxy) is 1. The minimum atomic E-state index is -1.34. The molecule has 1 saturated heterocycles. The van der Waals surface area contributed by atoms with Crippen LogP contribution in [0.25, 0.3) is 0 Å². The molecule has 0 aliphatic carbocycles. The van der Waals surface area contributed by atoms with Gasteiger partial charge in [-0.05, 0) is 52.4 Å². The van der Waals surface area contributed by atoms with Crippen LogP contribution in [0.2, 0.25) is 0 Å². The lowest BCUT2D eigenvalue weighted by atomic mass is 9.66. The molecule has 192 valence electrons. The van der Waals surface area contributed by atoms with Gasteiger partial charge in [0.25, 0.3) is 0 Å². The van der Waals surface area contributed by atoms with E-state index >= 15 is 0 Å². The van der Waals surface area contributed by atoms with Crippen molar-refractivity contribution in [2.24, 2.45) is 21.7 Å². The predicted molar refractivity (Wildman–Crippen MR) is 139 cm³/mol. The van der Waals surface area contributed by atoms with E-state index in [1.54, 1.807) is 0 Å². The van der Waals surface area contributed by atoms with Gasteiger partial charge in [0.15, 0.2) is 5.79 Å². The second-order valence-corrected chi connectivity index (χ2v) is 16.5. The zero-order chi connectivity index (χ0) is 26.1. The molecule has 1 aliphatic heterocycles. The summed E-state index contributed by atoms with van der Waals surface area (Å²) in [6, 6.07) is -0.253. The zero-order valence-electron chi connectivity index (χ0n) is 25.0. The Balaban J connectivity index is 4.25. The van der Waals surface area contributed by atoms with Crippen LogP contribution >= 0.6 is 0 Å². The molecule has 4 atom stereocenters. The molecule has 0 aromatic heterocycles. The lowest BCUT2D eigenvalue weighted by Crippen LogP contribution is -2.75. The molecule has 1 aliphatic rings. The minimum absolute atomic E-state index is 0.0459. The second-order valence-electron chi connectivity index (χ2n) is 16.5. The Kier molecular flexibility index (Phi) is 7.40. The Bertz CT molecular complexity index is 658. The molecule has 1 fully saturated rings. The number of rotatable bonds is 2. The summed E-state index contributed by atoms with van der Waals surface area (Å²) >= 11 is 0. The third-order valence-electron chi connectivity index (χ3n) is 6.82. The summed E-state index contributed by atoms with van der Waals surface area (Å²) in [5.74, 6) is -1.34. The van der Waals surface area contributed by atoms with Crippen molar-refractivity contribution >= 4 is 0 Å². The molecule has 32 heavy (non-hydrogen) atoms. The molecule has 0 spiro atoms. The molecule has 0 bridgehead atoms. The van der Waals surface area contributed by atoms with Gasteiger partial charge < -0.3 is 15.2 Å². The topological polar surface area (TPSA) is 44.7 Å². The molecule has 4 unspecified atom stereocenters. The number of nitrogens with zero attached hydrogens (tertiary/aromatic N) is 1. The summed E-state index contributed by atoms with van der Waals surface area (Å²) in [6.45, 7) is 40.1. The highest BCUT2D eigenvalue weighted by atomic mass is 16.7. The highest BCUT2D eigenvalue weighted by Gasteiger charge is 2.74. The lowest BCUT2D eigenvalue weighted by molar-refractivity contribution is -0.320. The van der Waals surface area contributed by atoms with Crippen LogP contribution in [-0.2, 0) is 4.74 Å². The Morgan fingerprint density at radius 2 is 1.12 bits per heavy atom. The first-order valence-corrected chi connectivity index (χ1v) is 12.5. The van der Waals surface area contributed by atoms with Gasteiger partial charge in [0.05, 0.1) is 12.1 Å². The summed E-state index contributed by atoms with van der Waals surface area (Å²) in [4.78, 5) is 2.54. The van der Waals surface area contributed by atoms with Gasteiger partial charge >= 0.3 is 0 Å². The van der Waals surface area contributed by atoms with Crippen LogP contribution in [0.5, 0.6) is 0 Å². The monoisotopic (exact) mass is 454 g/mol. The van der Waals surface area contributed by atoms with Gasteiger partial charge in [-0.3, -0.25) is 4.90 Å². The maximum Gasteiger partial charge on any atom is 0.189 e. The molecule has 4 heteroatoms. The second kappa shape index (κ2) is 7.93. The van der Waals surface area contributed by atoms with Gasteiger partial charge in [0.1, 0.15) is 5.72 Å². The van der Waals surface area contributed by atoms with Crippen LogP contribution in [0.3, 0.4) is 0 Å². The average Bonchev–Trinajstić information content (AvgIpc) is 2.73. The van der Waals surface area contributed by atoms with E-state index in [1.165, 1.54) is 0 Å². The molecule has 0 aromatic carbocycles. The largest absolute Gasteiger partial charge is 0.364 e. The van der Waals surface area contributed by atoms with Crippen molar-refractivity contribution < 1.29 is 9.84 Å². The Hall–Kier alpha value is -0.160. The van der Waals surface area contributed by atoms with E-state index in [0.717, 1.165) is 0 Å². The van der Waals surface area contributed by atoms with Crippen molar-refractivity contribution in [2.75, 3.05) is 0 Å². The van der Waals surface area contributed by atoms with E-state index in [0.29, 0.717) is 0 Å². The van der Waals surface area contributed by atoms with Crippen LogP contribution in [0.1, 0.15) is 125 Å². The van der Waals surface area contributed by atoms with Crippen molar-refractivity contribution in [3.63, 3.8) is 0 Å². The smallest absolute Gasteiger partial charge is 0.189 e. The van der Waals surface area contributed by atoms with Crippen LogP contribution in [0, 0.1) is 21.7 Å². The summed E-state index contributed by atoms with van der Waals surface area (Å²) in [5, 5.41) is 16.5. The molecule has 0 amide bonds. The fourth-order valence-electron chi connectivity index (χ4n) is 5.61. The third kappa shape index (κ3) is 5.24. The molecule has 0 radical (unpaired) electrons. The predicted octanol–water partition coefficient (Wildman–Crippen LogP) is 6.81. The molecule has 1 heterocycles. The number of hydrogen-bond acceptors (Lipinski definition) is 4. The SMILES string of the molecule is CC(C)(C)NC(C(C)(C)C)C1(C(C)(C)C)OC(O)(C(C)(C)C)C(C(C)(C)C)N1C(C)(C)C. The third-order valence-corrected chi connectivity index (χ3v) is 6.82. The molecular weight excluding hydrogens is 396 g/mol. The Labute approximate surface area is 201 Å². The van der Waals surface area contributed by atoms with E-state index in [4.69, 9.17) is 4.74 Å². The fourth-order valence-corrected chi connectivity index (χ4v) is 5.61. The van der Waals surface area contributed by atoms with Gasteiger partial charge in [-0.2, -0.15) is 0 Å². The fraction of sp³-hybridized carbons (Fsp3) is 1.00. The highest BCUT2D eigenvalue weighted by molar-refractivity contribution is 5.20. The average molecular weight is 455 g/mol. The molecule has 0 aromatic rings. The summed E-state index contributed by atoms with van der Waals surface area (Å²) in [7, 11) is 0. The van der Waals surface area contributed by atoms with Crippen LogP contribution in [0.15, 0.2) is 0 Å². The Morgan fingerprint density at radius 3 is 1.34 bits per heavy atom. The van der Waals surface area contributed by atoms with Gasteiger partial charge in [-0.1, -0.05) is 83.1 Å². The van der Waals surface area contributed by atoms with Crippen LogP contribution in [-0.4, -0.2) is 44.7 Å². The first-order valence-electron chi connectivity index (χ1n) is 12.5. The zero-order valence-corrected chi connectivity index (χ0v) is 25.0. The summed E-state index contributed by atoms with van der Waals surface area (Å²) < 4.78 is 7.30. The first kappa shape index (κ1) is 29.9. The van der Waals surface area contributed by atoms with Crippen molar-refractivity contribution in [1.82, 2.24) is 10.2 Å². The maximum atomic E-state index is 12.6. The number of nitrogens with one attached hydrogen (secondary N) is 1. The standard InChI is InChI=1S/C28H58N2O2/c1-21(2,3)19(29-25(13,14)15)27(23(7,8)9)30(26(16,17)18)20(22(4,5)6)28(31,32-27)24(10,11)12/h19-20,29,31H,1-18H3. The van der Waals surface area contributed by atoms with Gasteiger partial charge in [0, 0.05) is 21.9 Å². The maximum absolute atomic E-state index is 12.6.